The number of amides is 2. The molecule has 1 fully saturated rings. The van der Waals surface area contributed by atoms with Gasteiger partial charge < -0.3 is 20.1 Å². The molecule has 0 unspecified atom stereocenters. The molecule has 36 heavy (non-hydrogen) atoms. The van der Waals surface area contributed by atoms with Gasteiger partial charge in [0, 0.05) is 18.9 Å². The van der Waals surface area contributed by atoms with E-state index < -0.39 is 30.1 Å². The average molecular weight is 485 g/mol. The van der Waals surface area contributed by atoms with E-state index in [9.17, 15) is 19.5 Å². The molecule has 0 bridgehead atoms. The predicted octanol–water partition coefficient (Wildman–Crippen LogP) is 4.21. The van der Waals surface area contributed by atoms with Crippen LogP contribution in [0.15, 0.2) is 78.9 Å². The van der Waals surface area contributed by atoms with E-state index in [1.165, 1.54) is 4.90 Å². The first kappa shape index (κ1) is 23.6. The van der Waals surface area contributed by atoms with Crippen LogP contribution in [0, 0.1) is 0 Å². The smallest absolute Gasteiger partial charge is 0.407 e. The van der Waals surface area contributed by atoms with Gasteiger partial charge in [-0.05, 0) is 40.7 Å². The second-order valence-electron chi connectivity index (χ2n) is 9.24. The molecule has 5 rings (SSSR count). The van der Waals surface area contributed by atoms with Crippen molar-refractivity contribution >= 4 is 18.0 Å². The minimum Gasteiger partial charge on any atom is -0.480 e. The van der Waals surface area contributed by atoms with Gasteiger partial charge in [0.1, 0.15) is 18.7 Å². The number of nitrogens with zero attached hydrogens (tertiary/aromatic N) is 1. The van der Waals surface area contributed by atoms with Gasteiger partial charge in [0.2, 0.25) is 5.91 Å². The van der Waals surface area contributed by atoms with Crippen molar-refractivity contribution in [2.75, 3.05) is 13.2 Å². The SMILES string of the molecule is O=C(N[C@H](Cc1ccccc1)C(=O)N1CCC[C@H]1C(=O)O)OCC1c2ccccc2-c2ccccc21. The highest BCUT2D eigenvalue weighted by molar-refractivity contribution is 5.90. The van der Waals surface area contributed by atoms with Crippen molar-refractivity contribution in [2.24, 2.45) is 0 Å². The fraction of sp³-hybridized carbons (Fsp3) is 0.276. The Labute approximate surface area is 209 Å². The zero-order valence-electron chi connectivity index (χ0n) is 19.8. The number of carbonyl (C=O) groups is 3. The first-order valence-corrected chi connectivity index (χ1v) is 12.2. The number of aliphatic carboxylic acids is 1. The number of carboxylic acids is 1. The van der Waals surface area contributed by atoms with E-state index in [2.05, 4.69) is 17.4 Å². The first-order valence-electron chi connectivity index (χ1n) is 12.2. The van der Waals surface area contributed by atoms with Gasteiger partial charge in [-0.3, -0.25) is 4.79 Å². The third kappa shape index (κ3) is 4.69. The van der Waals surface area contributed by atoms with E-state index in [4.69, 9.17) is 4.74 Å². The number of likely N-dealkylation sites (tertiary alicyclic amines) is 1. The molecule has 0 radical (unpaired) electrons. The van der Waals surface area contributed by atoms with Crippen molar-refractivity contribution in [2.45, 2.75) is 37.3 Å². The molecule has 2 atom stereocenters. The number of ether oxygens (including phenoxy) is 1. The number of hydrogen-bond donors (Lipinski definition) is 2. The third-order valence-electron chi connectivity index (χ3n) is 7.04. The first-order chi connectivity index (χ1) is 17.5. The van der Waals surface area contributed by atoms with Crippen molar-refractivity contribution in [3.8, 4) is 11.1 Å². The van der Waals surface area contributed by atoms with E-state index in [0.29, 0.717) is 19.4 Å². The van der Waals surface area contributed by atoms with Crippen LogP contribution in [0.1, 0.15) is 35.4 Å². The summed E-state index contributed by atoms with van der Waals surface area (Å²) in [6.07, 6.45) is 0.569. The number of nitrogens with one attached hydrogen (secondary N) is 1. The summed E-state index contributed by atoms with van der Waals surface area (Å²) in [6.45, 7) is 0.487. The minimum atomic E-state index is -1.03. The molecule has 2 N–H and O–H groups in total. The van der Waals surface area contributed by atoms with Crippen molar-refractivity contribution in [1.82, 2.24) is 10.2 Å². The Morgan fingerprint density at radius 2 is 1.53 bits per heavy atom. The molecule has 1 heterocycles. The Balaban J connectivity index is 1.31. The quantitative estimate of drug-likeness (QED) is 0.524. The molecule has 3 aromatic carbocycles. The van der Waals surface area contributed by atoms with Crippen LogP contribution in [0.25, 0.3) is 11.1 Å². The van der Waals surface area contributed by atoms with Crippen molar-refractivity contribution in [3.63, 3.8) is 0 Å². The Bertz CT molecular complexity index is 1230. The van der Waals surface area contributed by atoms with Gasteiger partial charge in [0.15, 0.2) is 0 Å². The monoisotopic (exact) mass is 484 g/mol. The average Bonchev–Trinajstić information content (AvgIpc) is 3.51. The summed E-state index contributed by atoms with van der Waals surface area (Å²) in [7, 11) is 0. The van der Waals surface area contributed by atoms with Crippen LogP contribution in [0.5, 0.6) is 0 Å². The Morgan fingerprint density at radius 1 is 0.917 bits per heavy atom. The molecule has 3 aromatic rings. The highest BCUT2D eigenvalue weighted by Gasteiger charge is 2.38. The molecule has 7 heteroatoms. The zero-order valence-corrected chi connectivity index (χ0v) is 19.8. The molecule has 7 nitrogen and oxygen atoms in total. The lowest BCUT2D eigenvalue weighted by atomic mass is 9.98. The van der Waals surface area contributed by atoms with Crippen LogP contribution in [-0.4, -0.2) is 53.2 Å². The number of carbonyl (C=O) groups excluding carboxylic acids is 2. The van der Waals surface area contributed by atoms with Gasteiger partial charge in [-0.25, -0.2) is 9.59 Å². The summed E-state index contributed by atoms with van der Waals surface area (Å²) in [5.41, 5.74) is 5.33. The number of alkyl carbamates (subject to hydrolysis) is 1. The van der Waals surface area contributed by atoms with Crippen LogP contribution in [0.3, 0.4) is 0 Å². The second kappa shape index (κ2) is 10.2. The maximum absolute atomic E-state index is 13.4. The number of rotatable bonds is 7. The zero-order chi connectivity index (χ0) is 25.1. The maximum atomic E-state index is 13.4. The molecule has 0 spiro atoms. The van der Waals surface area contributed by atoms with E-state index >= 15 is 0 Å². The van der Waals surface area contributed by atoms with E-state index in [-0.39, 0.29) is 18.9 Å². The Morgan fingerprint density at radius 3 is 2.17 bits per heavy atom. The highest BCUT2D eigenvalue weighted by Crippen LogP contribution is 2.44. The fourth-order valence-electron chi connectivity index (χ4n) is 5.32. The van der Waals surface area contributed by atoms with Gasteiger partial charge in [0.05, 0.1) is 0 Å². The molecule has 2 amide bonds. The maximum Gasteiger partial charge on any atom is 0.407 e. The molecular weight excluding hydrogens is 456 g/mol. The largest absolute Gasteiger partial charge is 0.480 e. The van der Waals surface area contributed by atoms with E-state index in [0.717, 1.165) is 27.8 Å². The summed E-state index contributed by atoms with van der Waals surface area (Å²) in [5.74, 6) is -1.53. The Hall–Kier alpha value is -4.13. The molecule has 1 saturated heterocycles. The highest BCUT2D eigenvalue weighted by atomic mass is 16.5. The van der Waals surface area contributed by atoms with Gasteiger partial charge in [-0.15, -0.1) is 0 Å². The molecule has 184 valence electrons. The van der Waals surface area contributed by atoms with E-state index in [1.54, 1.807) is 0 Å². The summed E-state index contributed by atoms with van der Waals surface area (Å²) in [6, 6.07) is 23.7. The van der Waals surface area contributed by atoms with Gasteiger partial charge in [-0.1, -0.05) is 78.9 Å². The Kier molecular flexibility index (Phi) is 6.71. The predicted molar refractivity (Wildman–Crippen MR) is 135 cm³/mol. The summed E-state index contributed by atoms with van der Waals surface area (Å²) in [4.78, 5) is 39.3. The lowest BCUT2D eigenvalue weighted by Crippen LogP contribution is -2.52. The molecule has 1 aliphatic carbocycles. The van der Waals surface area contributed by atoms with Crippen LogP contribution in [0.2, 0.25) is 0 Å². The molecule has 0 saturated carbocycles. The molecule has 0 aromatic heterocycles. The van der Waals surface area contributed by atoms with Crippen molar-refractivity contribution < 1.29 is 24.2 Å². The van der Waals surface area contributed by atoms with Gasteiger partial charge in [-0.2, -0.15) is 0 Å². The fourth-order valence-corrected chi connectivity index (χ4v) is 5.32. The summed E-state index contributed by atoms with van der Waals surface area (Å²) < 4.78 is 5.66. The minimum absolute atomic E-state index is 0.0959. The summed E-state index contributed by atoms with van der Waals surface area (Å²) >= 11 is 0. The molecule has 1 aliphatic heterocycles. The number of fused-ring (bicyclic) bond motifs is 3. The number of benzene rings is 3. The standard InChI is InChI=1S/C29H28N2O5/c32-27(31-16-8-15-26(31)28(33)34)25(17-19-9-2-1-3-10-19)30-29(35)36-18-24-22-13-6-4-11-20(22)21-12-5-7-14-23(21)24/h1-7,9-14,24-26H,8,15-18H2,(H,30,35)(H,33,34)/t25-,26+/m1/s1. The number of carboxylic acid groups (broad SMARTS) is 1. The van der Waals surface area contributed by atoms with Crippen LogP contribution in [0.4, 0.5) is 4.79 Å². The second-order valence-corrected chi connectivity index (χ2v) is 9.24. The van der Waals surface area contributed by atoms with Crippen LogP contribution >= 0.6 is 0 Å². The van der Waals surface area contributed by atoms with Gasteiger partial charge in [0.25, 0.3) is 0 Å². The summed E-state index contributed by atoms with van der Waals surface area (Å²) in [5, 5.41) is 12.3. The van der Waals surface area contributed by atoms with Crippen LogP contribution in [-0.2, 0) is 20.7 Å². The third-order valence-corrected chi connectivity index (χ3v) is 7.04. The molecular formula is C29H28N2O5. The van der Waals surface area contributed by atoms with Crippen LogP contribution < -0.4 is 5.32 Å². The van der Waals surface area contributed by atoms with Crippen molar-refractivity contribution in [1.29, 1.82) is 0 Å². The molecule has 2 aliphatic rings. The normalized spacial score (nSPS) is 17.2. The van der Waals surface area contributed by atoms with E-state index in [1.807, 2.05) is 66.7 Å². The topological polar surface area (TPSA) is 95.9 Å². The van der Waals surface area contributed by atoms with Crippen molar-refractivity contribution in [3.05, 3.63) is 95.6 Å². The lowest BCUT2D eigenvalue weighted by molar-refractivity contribution is -0.148. The van der Waals surface area contributed by atoms with Gasteiger partial charge >= 0.3 is 12.1 Å². The lowest BCUT2D eigenvalue weighted by Gasteiger charge is -2.27. The number of hydrogen-bond acceptors (Lipinski definition) is 4.